The zero-order chi connectivity index (χ0) is 17.5. The van der Waals surface area contributed by atoms with Crippen molar-refractivity contribution in [2.24, 2.45) is 0 Å². The number of benzene rings is 1. The van der Waals surface area contributed by atoms with Crippen LogP contribution in [0.15, 0.2) is 29.6 Å². The van der Waals surface area contributed by atoms with Gasteiger partial charge in [-0.05, 0) is 19.1 Å². The van der Waals surface area contributed by atoms with E-state index in [4.69, 9.17) is 4.74 Å². The summed E-state index contributed by atoms with van der Waals surface area (Å²) in [4.78, 5) is 30.1. The normalized spacial score (nSPS) is 10.5. The minimum atomic E-state index is -0.481. The Balaban J connectivity index is 2.15. The number of carbonyl (C=O) groups excluding carboxylic acids is 2. The number of aromatic nitrogens is 1. The summed E-state index contributed by atoms with van der Waals surface area (Å²) >= 11 is 1.32. The predicted molar refractivity (Wildman–Crippen MR) is 91.2 cm³/mol. The summed E-state index contributed by atoms with van der Waals surface area (Å²) in [6, 6.07) is 7.42. The lowest BCUT2D eigenvalue weighted by Gasteiger charge is -2.21. The van der Waals surface area contributed by atoms with Gasteiger partial charge in [-0.25, -0.2) is 9.78 Å². The van der Waals surface area contributed by atoms with Crippen molar-refractivity contribution in [1.29, 1.82) is 0 Å². The smallest absolute Gasteiger partial charge is 0.357 e. The second-order valence-corrected chi connectivity index (χ2v) is 6.15. The second-order valence-electron chi connectivity index (χ2n) is 5.20. The second kappa shape index (κ2) is 8.56. The van der Waals surface area contributed by atoms with Crippen molar-refractivity contribution in [1.82, 2.24) is 9.88 Å². The summed E-state index contributed by atoms with van der Waals surface area (Å²) in [6.45, 7) is 3.15. The van der Waals surface area contributed by atoms with Gasteiger partial charge in [0, 0.05) is 24.6 Å². The summed E-state index contributed by atoms with van der Waals surface area (Å²) in [5, 5.41) is 2.30. The van der Waals surface area contributed by atoms with Crippen LogP contribution < -0.4 is 0 Å². The van der Waals surface area contributed by atoms with Crippen LogP contribution in [0.2, 0.25) is 0 Å². The fraction of sp³-hybridized carbons (Fsp3) is 0.353. The number of carbonyl (C=O) groups is 2. The van der Waals surface area contributed by atoms with Crippen molar-refractivity contribution in [2.75, 3.05) is 27.4 Å². The Morgan fingerprint density at radius 2 is 1.92 bits per heavy atom. The first-order valence-corrected chi connectivity index (χ1v) is 8.30. The quantitative estimate of drug-likeness (QED) is 0.719. The molecule has 0 radical (unpaired) electrons. The minimum absolute atomic E-state index is 0.0955. The predicted octanol–water partition coefficient (Wildman–Crippen LogP) is 2.53. The lowest BCUT2D eigenvalue weighted by atomic mass is 10.1. The number of nitrogens with zero attached hydrogens (tertiary/aromatic N) is 2. The topological polar surface area (TPSA) is 68.7 Å². The summed E-state index contributed by atoms with van der Waals surface area (Å²) in [6.07, 6.45) is 0. The molecule has 0 aliphatic heterocycles. The molecule has 2 rings (SSSR count). The molecule has 0 N–H and O–H groups in total. The Hall–Kier alpha value is -2.25. The average Bonchev–Trinajstić information content (AvgIpc) is 3.06. The molecule has 1 aromatic heterocycles. The molecule has 24 heavy (non-hydrogen) atoms. The van der Waals surface area contributed by atoms with Crippen LogP contribution in [-0.2, 0) is 16.0 Å². The molecule has 0 fully saturated rings. The van der Waals surface area contributed by atoms with Crippen molar-refractivity contribution >= 4 is 23.2 Å². The number of ether oxygens (including phenoxy) is 2. The van der Waals surface area contributed by atoms with Crippen LogP contribution >= 0.6 is 11.3 Å². The van der Waals surface area contributed by atoms with Crippen LogP contribution in [0, 0.1) is 6.92 Å². The number of thiazole rings is 1. The standard InChI is InChI=1S/C17H20N2O4S/c1-12-4-6-13(7-5-12)16(20)19(8-9-22-2)10-15-18-14(11-24-15)17(21)23-3/h4-7,11H,8-10H2,1-3H3. The van der Waals surface area contributed by atoms with Gasteiger partial charge in [-0.2, -0.15) is 0 Å². The van der Waals surface area contributed by atoms with E-state index < -0.39 is 5.97 Å². The van der Waals surface area contributed by atoms with E-state index in [0.717, 1.165) is 5.56 Å². The maximum atomic E-state index is 12.7. The van der Waals surface area contributed by atoms with Crippen molar-refractivity contribution in [2.45, 2.75) is 13.5 Å². The van der Waals surface area contributed by atoms with E-state index >= 15 is 0 Å². The van der Waals surface area contributed by atoms with E-state index in [1.807, 2.05) is 19.1 Å². The van der Waals surface area contributed by atoms with Gasteiger partial charge < -0.3 is 14.4 Å². The molecule has 0 spiro atoms. The fourth-order valence-corrected chi connectivity index (χ4v) is 2.86. The van der Waals surface area contributed by atoms with E-state index in [0.29, 0.717) is 30.3 Å². The number of aryl methyl sites for hydroxylation is 1. The molecule has 0 saturated carbocycles. The lowest BCUT2D eigenvalue weighted by Crippen LogP contribution is -2.33. The van der Waals surface area contributed by atoms with E-state index in [9.17, 15) is 9.59 Å². The highest BCUT2D eigenvalue weighted by Gasteiger charge is 2.19. The summed E-state index contributed by atoms with van der Waals surface area (Å²) in [5.74, 6) is -0.576. The molecule has 1 heterocycles. The van der Waals surface area contributed by atoms with Crippen LogP contribution in [0.1, 0.15) is 31.4 Å². The third kappa shape index (κ3) is 4.62. The first-order chi connectivity index (χ1) is 11.5. The summed E-state index contributed by atoms with van der Waals surface area (Å²) < 4.78 is 9.74. The van der Waals surface area contributed by atoms with E-state index in [2.05, 4.69) is 9.72 Å². The molecule has 128 valence electrons. The molecule has 7 heteroatoms. The number of amides is 1. The molecular formula is C17H20N2O4S. The SMILES string of the molecule is COCCN(Cc1nc(C(=O)OC)cs1)C(=O)c1ccc(C)cc1. The van der Waals surface area contributed by atoms with Crippen LogP contribution in [-0.4, -0.2) is 49.1 Å². The van der Waals surface area contributed by atoms with Gasteiger partial charge in [0.25, 0.3) is 5.91 Å². The Labute approximate surface area is 145 Å². The molecule has 0 aliphatic rings. The molecule has 2 aromatic rings. The maximum absolute atomic E-state index is 12.7. The van der Waals surface area contributed by atoms with Gasteiger partial charge in [-0.3, -0.25) is 4.79 Å². The van der Waals surface area contributed by atoms with Crippen molar-refractivity contribution in [3.63, 3.8) is 0 Å². The van der Waals surface area contributed by atoms with Crippen molar-refractivity contribution in [3.8, 4) is 0 Å². The molecule has 0 aliphatic carbocycles. The first kappa shape index (κ1) is 18.1. The van der Waals surface area contributed by atoms with Crippen molar-refractivity contribution < 1.29 is 19.1 Å². The van der Waals surface area contributed by atoms with Gasteiger partial charge >= 0.3 is 5.97 Å². The Morgan fingerprint density at radius 3 is 2.54 bits per heavy atom. The van der Waals surface area contributed by atoms with Crippen LogP contribution in [0.4, 0.5) is 0 Å². The summed E-state index contributed by atoms with van der Waals surface area (Å²) in [5.41, 5.74) is 1.96. The highest BCUT2D eigenvalue weighted by atomic mass is 32.1. The largest absolute Gasteiger partial charge is 0.464 e. The number of hydrogen-bond donors (Lipinski definition) is 0. The van der Waals surface area contributed by atoms with Gasteiger partial charge in [0.1, 0.15) is 5.01 Å². The molecule has 6 nitrogen and oxygen atoms in total. The first-order valence-electron chi connectivity index (χ1n) is 7.42. The number of esters is 1. The third-order valence-corrected chi connectivity index (χ3v) is 4.26. The van der Waals surface area contributed by atoms with Crippen LogP contribution in [0.25, 0.3) is 0 Å². The molecule has 0 bridgehead atoms. The molecule has 1 aromatic carbocycles. The van der Waals surface area contributed by atoms with Gasteiger partial charge in [-0.1, -0.05) is 17.7 Å². The van der Waals surface area contributed by atoms with Gasteiger partial charge in [0.2, 0.25) is 0 Å². The number of rotatable bonds is 7. The van der Waals surface area contributed by atoms with Crippen molar-refractivity contribution in [3.05, 3.63) is 51.5 Å². The monoisotopic (exact) mass is 348 g/mol. The van der Waals surface area contributed by atoms with Crippen LogP contribution in [0.5, 0.6) is 0 Å². The Morgan fingerprint density at radius 1 is 1.21 bits per heavy atom. The van der Waals surface area contributed by atoms with E-state index in [1.165, 1.54) is 18.4 Å². The molecular weight excluding hydrogens is 328 g/mol. The maximum Gasteiger partial charge on any atom is 0.357 e. The number of hydrogen-bond acceptors (Lipinski definition) is 6. The molecule has 0 saturated heterocycles. The Kier molecular flexibility index (Phi) is 6.45. The summed E-state index contributed by atoms with van der Waals surface area (Å²) in [7, 11) is 2.90. The number of methoxy groups -OCH3 is 2. The highest BCUT2D eigenvalue weighted by molar-refractivity contribution is 7.09. The average molecular weight is 348 g/mol. The van der Waals surface area contributed by atoms with E-state index in [1.54, 1.807) is 29.5 Å². The van der Waals surface area contributed by atoms with Crippen LogP contribution in [0.3, 0.4) is 0 Å². The molecule has 1 amide bonds. The molecule has 0 unspecified atom stereocenters. The highest BCUT2D eigenvalue weighted by Crippen LogP contribution is 2.15. The zero-order valence-electron chi connectivity index (χ0n) is 13.9. The van der Waals surface area contributed by atoms with E-state index in [-0.39, 0.29) is 11.6 Å². The molecule has 0 atom stereocenters. The zero-order valence-corrected chi connectivity index (χ0v) is 14.8. The fourth-order valence-electron chi connectivity index (χ4n) is 2.08. The van der Waals surface area contributed by atoms with Gasteiger partial charge in [-0.15, -0.1) is 11.3 Å². The lowest BCUT2D eigenvalue weighted by molar-refractivity contribution is 0.0594. The third-order valence-electron chi connectivity index (χ3n) is 3.42. The minimum Gasteiger partial charge on any atom is -0.464 e. The van der Waals surface area contributed by atoms with Gasteiger partial charge in [0.15, 0.2) is 5.69 Å². The van der Waals surface area contributed by atoms with Gasteiger partial charge in [0.05, 0.1) is 20.3 Å². The Bertz CT molecular complexity index is 697.